The zero-order valence-electron chi connectivity index (χ0n) is 77.3. The number of aliphatic carboxylic acids is 4. The fourth-order valence-electron chi connectivity index (χ4n) is 15.9. The molecule has 8 atom stereocenters. The summed E-state index contributed by atoms with van der Waals surface area (Å²) in [4.78, 5) is 142. The van der Waals surface area contributed by atoms with Gasteiger partial charge in [-0.3, -0.25) is 39.6 Å². The molecule has 0 amide bonds. The number of rotatable bonds is 32. The molecule has 8 aliphatic rings. The molecule has 12 heterocycles. The standard InChI is InChI=1S/2C24H24BrFN4O5S.2C24H24ClFN4O5S/c1-2-35-24(33)20-18(12-30-8-9-34-13-15(30)4-6-19(31)32)28-22(23-27-7-10-36-23)29-21(20)16-5-3-14(26)11-17(16)25;1-2-34-24(33)20-18(13-30-8-9-35-15(12-30)4-6-19(31)32)28-22(23-27-7-10-36-23)29-21(20)16-5-3-14(26)11-17(16)25;1-2-35-24(33)20-18(12-30-8-9-34-13-15(30)4-6-19(31)32)28-22(23-27-7-10-36-23)29-21(20)16-5-3-14(26)11-17(16)25;1-2-34-24(33)20-18(13-30-8-9-35-15(12-30)4-6-19(31)32)28-22(23-27-7-10-36-23)29-21(20)16-5-3-14(26)11-17(16)25/h4*3-7,10-11,15,21H,2,8-9,12-13H2,1H3,(H,28,29)(H,31,32)/b4*6-4+. The van der Waals surface area contributed by atoms with Gasteiger partial charge < -0.3 is 79.6 Å². The number of benzene rings is 4. The second-order valence-corrected chi connectivity index (χ2v) is 37.9. The summed E-state index contributed by atoms with van der Waals surface area (Å²) in [6.45, 7) is 13.9. The summed E-state index contributed by atoms with van der Waals surface area (Å²) in [5, 5.41) is 59.1. The van der Waals surface area contributed by atoms with Gasteiger partial charge >= 0.3 is 47.8 Å². The van der Waals surface area contributed by atoms with Gasteiger partial charge in [-0.15, -0.1) is 45.3 Å². The smallest absolute Gasteiger partial charge is 0.338 e. The van der Waals surface area contributed by atoms with E-state index in [1.807, 2.05) is 30.8 Å². The van der Waals surface area contributed by atoms with E-state index >= 15 is 0 Å². The van der Waals surface area contributed by atoms with E-state index in [0.29, 0.717) is 195 Å². The van der Waals surface area contributed by atoms with Crippen LogP contribution in [0.25, 0.3) is 0 Å². The number of hydrogen-bond donors (Lipinski definition) is 8. The highest BCUT2D eigenvalue weighted by molar-refractivity contribution is 9.10. The molecule has 8 aromatic rings. The van der Waals surface area contributed by atoms with Crippen LogP contribution in [0.15, 0.2) is 242 Å². The monoisotopic (exact) mass is 2220 g/mol. The molecule has 0 spiro atoms. The number of halogens is 8. The van der Waals surface area contributed by atoms with E-state index in [9.17, 15) is 55.9 Å². The zero-order valence-corrected chi connectivity index (χ0v) is 85.2. The van der Waals surface area contributed by atoms with Gasteiger partial charge in [0.05, 0.1) is 113 Å². The van der Waals surface area contributed by atoms with Crippen molar-refractivity contribution in [3.8, 4) is 0 Å². The molecule has 16 rings (SSSR count). The maximum atomic E-state index is 13.9. The number of carbonyl (C=O) groups is 8. The minimum atomic E-state index is -1.06. The van der Waals surface area contributed by atoms with Crippen LogP contribution in [0.2, 0.25) is 10.0 Å². The minimum Gasteiger partial charge on any atom is -0.478 e. The maximum absolute atomic E-state index is 13.9. The zero-order chi connectivity index (χ0) is 103. The number of carbonyl (C=O) groups excluding carboxylic acids is 4. The Labute approximate surface area is 865 Å². The third-order valence-electron chi connectivity index (χ3n) is 22.3. The first kappa shape index (κ1) is 109. The van der Waals surface area contributed by atoms with Gasteiger partial charge in [0.2, 0.25) is 0 Å². The van der Waals surface area contributed by atoms with Gasteiger partial charge in [0.1, 0.15) is 47.4 Å². The van der Waals surface area contributed by atoms with Crippen molar-refractivity contribution >= 4 is 172 Å². The molecule has 8 N–H and O–H groups in total. The normalized spacial score (nSPS) is 20.8. The molecular weight excluding hydrogens is 2130 g/mol. The second kappa shape index (κ2) is 53.1. The quantitative estimate of drug-likeness (QED) is 0.00840. The second-order valence-electron chi connectivity index (χ2n) is 31.8. The molecule has 0 saturated carbocycles. The maximum Gasteiger partial charge on any atom is 0.338 e. The highest BCUT2D eigenvalue weighted by atomic mass is 79.9. The average Bonchev–Trinajstić information content (AvgIpc) is 1.14. The molecule has 4 saturated heterocycles. The Hall–Kier alpha value is -12.1. The molecule has 144 heavy (non-hydrogen) atoms. The molecule has 8 aliphatic heterocycles. The first-order valence-electron chi connectivity index (χ1n) is 44.8. The molecule has 4 aromatic heterocycles. The summed E-state index contributed by atoms with van der Waals surface area (Å²) < 4.78 is 100. The molecule has 4 fully saturated rings. The van der Waals surface area contributed by atoms with Gasteiger partial charge in [0.15, 0.2) is 43.4 Å². The number of amidine groups is 4. The van der Waals surface area contributed by atoms with E-state index in [2.05, 4.69) is 78.0 Å². The van der Waals surface area contributed by atoms with Crippen molar-refractivity contribution < 1.29 is 114 Å². The Morgan fingerprint density at radius 3 is 0.972 bits per heavy atom. The number of thiazole rings is 4. The highest BCUT2D eigenvalue weighted by Crippen LogP contribution is 2.43. The molecular formula is C96H96Br2Cl2F4N16O20S4. The number of carboxylic acids is 4. The van der Waals surface area contributed by atoms with Crippen molar-refractivity contribution in [1.29, 1.82) is 0 Å². The third kappa shape index (κ3) is 29.6. The molecule has 0 radical (unpaired) electrons. The van der Waals surface area contributed by atoms with Gasteiger partial charge in [-0.05, 0) is 99.5 Å². The lowest BCUT2D eigenvalue weighted by atomic mass is 9.95. The summed E-state index contributed by atoms with van der Waals surface area (Å²) in [5.41, 5.74) is 5.38. The number of morpholine rings is 4. The lowest BCUT2D eigenvalue weighted by Crippen LogP contribution is -2.48. The number of esters is 4. The van der Waals surface area contributed by atoms with Crippen molar-refractivity contribution in [3.05, 3.63) is 297 Å². The van der Waals surface area contributed by atoms with Crippen molar-refractivity contribution in [2.75, 3.05) is 132 Å². The predicted octanol–water partition coefficient (Wildman–Crippen LogP) is 13.0. The van der Waals surface area contributed by atoms with E-state index in [1.54, 1.807) is 82.1 Å². The summed E-state index contributed by atoms with van der Waals surface area (Å²) in [6, 6.07) is 12.5. The summed E-state index contributed by atoms with van der Waals surface area (Å²) in [6.07, 6.45) is 16.2. The number of nitrogens with zero attached hydrogens (tertiary/aromatic N) is 12. The van der Waals surface area contributed by atoms with Gasteiger partial charge in [-0.1, -0.05) is 91.5 Å². The van der Waals surface area contributed by atoms with Crippen LogP contribution >= 0.6 is 100 Å². The fraction of sp³-hybridized carbons (Fsp3) is 0.333. The van der Waals surface area contributed by atoms with Crippen molar-refractivity contribution in [2.24, 2.45) is 20.0 Å². The molecule has 8 unspecified atom stereocenters. The Balaban J connectivity index is 0.000000161. The number of hydrogen-bond acceptors (Lipinski definition) is 36. The van der Waals surface area contributed by atoms with E-state index in [4.69, 9.17) is 101 Å². The summed E-state index contributed by atoms with van der Waals surface area (Å²) in [5.74, 6) is -6.45. The minimum absolute atomic E-state index is 0.124. The van der Waals surface area contributed by atoms with Crippen LogP contribution in [-0.4, -0.2) is 287 Å². The van der Waals surface area contributed by atoms with Crippen LogP contribution in [-0.2, 0) is 76.3 Å². The largest absolute Gasteiger partial charge is 0.478 e. The number of aliphatic imine (C=N–C) groups is 4. The first-order valence-corrected chi connectivity index (χ1v) is 50.7. The SMILES string of the molecule is CCOC(=O)C1=C(CN2CCOC(/C=C/C(=O)O)C2)NC(c2nccs2)=NC1c1ccc(F)cc1Br.CCOC(=O)C1=C(CN2CCOC(/C=C/C(=O)O)C2)NC(c2nccs2)=NC1c1ccc(F)cc1Cl.CCOC(=O)C1=C(CN2CCOCC2/C=C/C(=O)O)NC(c2nccs2)=NC1c1ccc(F)cc1Br.CCOC(=O)C1=C(CN2CCOCC2/C=C/C(=O)O)NC(c2nccs2)=NC1c1ccc(F)cc1Cl. The lowest BCUT2D eigenvalue weighted by Gasteiger charge is -2.36. The Kier molecular flexibility index (Phi) is 40.3. The highest BCUT2D eigenvalue weighted by Gasteiger charge is 2.42. The van der Waals surface area contributed by atoms with Gasteiger partial charge in [-0.2, -0.15) is 0 Å². The van der Waals surface area contributed by atoms with Crippen LogP contribution in [0.4, 0.5) is 17.6 Å². The van der Waals surface area contributed by atoms with Gasteiger partial charge in [0.25, 0.3) is 0 Å². The Morgan fingerprint density at radius 1 is 0.410 bits per heavy atom. The number of nitrogens with one attached hydrogen (secondary N) is 4. The average molecular weight is 2230 g/mol. The third-order valence-corrected chi connectivity index (χ3v) is 27.4. The molecule has 4 aromatic carbocycles. The molecule has 0 bridgehead atoms. The molecule has 48 heteroatoms. The van der Waals surface area contributed by atoms with Crippen LogP contribution in [0.5, 0.6) is 0 Å². The van der Waals surface area contributed by atoms with E-state index in [0.717, 1.165) is 24.3 Å². The topological polar surface area (TPSA) is 453 Å². The van der Waals surface area contributed by atoms with E-state index in [1.165, 1.54) is 118 Å². The van der Waals surface area contributed by atoms with Crippen molar-refractivity contribution in [3.63, 3.8) is 0 Å². The van der Waals surface area contributed by atoms with Crippen LogP contribution in [0.1, 0.15) is 94.1 Å². The lowest BCUT2D eigenvalue weighted by molar-refractivity contribution is -0.139. The van der Waals surface area contributed by atoms with E-state index < -0.39 is 107 Å². The van der Waals surface area contributed by atoms with Crippen molar-refractivity contribution in [2.45, 2.75) is 76.2 Å². The van der Waals surface area contributed by atoms with Crippen LogP contribution in [0.3, 0.4) is 0 Å². The molecule has 0 aliphatic carbocycles. The number of ether oxygens (including phenoxy) is 8. The predicted molar refractivity (Wildman–Crippen MR) is 536 cm³/mol. The summed E-state index contributed by atoms with van der Waals surface area (Å²) in [7, 11) is 0. The Morgan fingerprint density at radius 2 is 0.694 bits per heavy atom. The first-order chi connectivity index (χ1) is 69.4. The van der Waals surface area contributed by atoms with Crippen LogP contribution in [0, 0.1) is 23.3 Å². The summed E-state index contributed by atoms with van der Waals surface area (Å²) >= 11 is 25.2. The van der Waals surface area contributed by atoms with Gasteiger partial charge in [-0.25, -0.2) is 75.9 Å². The fourth-order valence-corrected chi connectivity index (χ4v) is 20.0. The Bertz CT molecular complexity index is 6000. The van der Waals surface area contributed by atoms with Crippen LogP contribution < -0.4 is 21.3 Å². The molecule has 760 valence electrons. The van der Waals surface area contributed by atoms with Crippen molar-refractivity contribution in [1.82, 2.24) is 60.8 Å². The van der Waals surface area contributed by atoms with Gasteiger partial charge in [0, 0.05) is 189 Å². The number of aromatic nitrogens is 4. The number of carboxylic acid groups (broad SMARTS) is 4. The van der Waals surface area contributed by atoms with E-state index in [-0.39, 0.29) is 78.4 Å². The molecule has 36 nitrogen and oxygen atoms in total.